The van der Waals surface area contributed by atoms with Crippen LogP contribution in [0.5, 0.6) is 5.75 Å². The van der Waals surface area contributed by atoms with Crippen LogP contribution in [0.1, 0.15) is 12.5 Å². The van der Waals surface area contributed by atoms with E-state index in [1.807, 2.05) is 18.4 Å². The van der Waals surface area contributed by atoms with Crippen LogP contribution < -0.4 is 4.74 Å². The fraction of sp³-hybridized carbons (Fsp3) is 0.273. The maximum absolute atomic E-state index is 13.8. The molecule has 0 aliphatic rings. The molecule has 0 unspecified atom stereocenters. The van der Waals surface area contributed by atoms with E-state index in [1.54, 1.807) is 17.4 Å². The van der Waals surface area contributed by atoms with Crippen molar-refractivity contribution < 1.29 is 9.13 Å². The van der Waals surface area contributed by atoms with Crippen LogP contribution in [0.3, 0.4) is 0 Å². The zero-order chi connectivity index (χ0) is 10.1. The summed E-state index contributed by atoms with van der Waals surface area (Å²) in [7, 11) is 1.50. The van der Waals surface area contributed by atoms with Gasteiger partial charge in [-0.05, 0) is 29.3 Å². The van der Waals surface area contributed by atoms with E-state index in [0.717, 1.165) is 15.6 Å². The number of rotatable bonds is 2. The number of hydrogen-bond acceptors (Lipinski definition) is 2. The molecular formula is C11H11FOS. The molecule has 1 heterocycles. The molecule has 74 valence electrons. The Hall–Kier alpha value is -1.09. The number of benzene rings is 1. The first-order valence-corrected chi connectivity index (χ1v) is 5.38. The average Bonchev–Trinajstić information content (AvgIpc) is 2.64. The van der Waals surface area contributed by atoms with Crippen molar-refractivity contribution in [1.82, 2.24) is 0 Å². The maximum Gasteiger partial charge on any atom is 0.169 e. The van der Waals surface area contributed by atoms with Crippen LogP contribution in [0.25, 0.3) is 10.1 Å². The van der Waals surface area contributed by atoms with Crippen molar-refractivity contribution in [2.45, 2.75) is 13.3 Å². The Bertz CT molecular complexity index is 462. The number of methoxy groups -OCH3 is 1. The van der Waals surface area contributed by atoms with E-state index in [2.05, 4.69) is 0 Å². The van der Waals surface area contributed by atoms with Crippen molar-refractivity contribution in [2.24, 2.45) is 0 Å². The first kappa shape index (κ1) is 9.46. The largest absolute Gasteiger partial charge is 0.494 e. The van der Waals surface area contributed by atoms with Crippen molar-refractivity contribution in [2.75, 3.05) is 7.11 Å². The standard InChI is InChI=1S/C11H11FOS/c1-3-8-10(12)9(13-2)6-7-4-5-14-11(7)8/h4-6H,3H2,1-2H3. The Labute approximate surface area is 86.1 Å². The minimum atomic E-state index is -0.218. The Balaban J connectivity index is 2.80. The van der Waals surface area contributed by atoms with E-state index in [-0.39, 0.29) is 5.82 Å². The number of ether oxygens (including phenoxy) is 1. The highest BCUT2D eigenvalue weighted by molar-refractivity contribution is 7.17. The first-order chi connectivity index (χ1) is 6.77. The SMILES string of the molecule is CCc1c(F)c(OC)cc2ccsc12. The summed E-state index contributed by atoms with van der Waals surface area (Å²) in [5.74, 6) is 0.123. The fourth-order valence-corrected chi connectivity index (χ4v) is 2.59. The lowest BCUT2D eigenvalue weighted by Gasteiger charge is -2.07. The van der Waals surface area contributed by atoms with E-state index in [0.29, 0.717) is 12.2 Å². The molecule has 0 aliphatic carbocycles. The van der Waals surface area contributed by atoms with Gasteiger partial charge in [0.05, 0.1) is 7.11 Å². The van der Waals surface area contributed by atoms with Gasteiger partial charge < -0.3 is 4.74 Å². The highest BCUT2D eigenvalue weighted by atomic mass is 32.1. The molecule has 1 aromatic heterocycles. The van der Waals surface area contributed by atoms with Crippen molar-refractivity contribution >= 4 is 21.4 Å². The molecule has 3 heteroatoms. The van der Waals surface area contributed by atoms with Gasteiger partial charge in [0.25, 0.3) is 0 Å². The highest BCUT2D eigenvalue weighted by Gasteiger charge is 2.12. The summed E-state index contributed by atoms with van der Waals surface area (Å²) < 4.78 is 19.8. The molecule has 2 aromatic rings. The van der Waals surface area contributed by atoms with Gasteiger partial charge in [-0.15, -0.1) is 11.3 Å². The molecule has 0 amide bonds. The Morgan fingerprint density at radius 2 is 2.29 bits per heavy atom. The van der Waals surface area contributed by atoms with Crippen LogP contribution in [-0.2, 0) is 6.42 Å². The first-order valence-electron chi connectivity index (χ1n) is 4.50. The summed E-state index contributed by atoms with van der Waals surface area (Å²) >= 11 is 1.58. The van der Waals surface area contributed by atoms with Crippen LogP contribution in [0.15, 0.2) is 17.5 Å². The fourth-order valence-electron chi connectivity index (χ4n) is 1.60. The average molecular weight is 210 g/mol. The highest BCUT2D eigenvalue weighted by Crippen LogP contribution is 2.33. The van der Waals surface area contributed by atoms with E-state index in [1.165, 1.54) is 7.11 Å². The lowest BCUT2D eigenvalue weighted by molar-refractivity contribution is 0.385. The van der Waals surface area contributed by atoms with Crippen LogP contribution in [0, 0.1) is 5.82 Å². The van der Waals surface area contributed by atoms with Gasteiger partial charge in [-0.1, -0.05) is 6.92 Å². The Morgan fingerprint density at radius 3 is 2.93 bits per heavy atom. The number of thiophene rings is 1. The molecule has 0 fully saturated rings. The molecule has 0 bridgehead atoms. The minimum Gasteiger partial charge on any atom is -0.494 e. The summed E-state index contributed by atoms with van der Waals surface area (Å²) in [5, 5.41) is 3.04. The lowest BCUT2D eigenvalue weighted by atomic mass is 10.1. The lowest BCUT2D eigenvalue weighted by Crippen LogP contribution is -1.93. The molecule has 2 rings (SSSR count). The minimum absolute atomic E-state index is 0.218. The van der Waals surface area contributed by atoms with Crippen LogP contribution in [0.2, 0.25) is 0 Å². The predicted octanol–water partition coefficient (Wildman–Crippen LogP) is 3.61. The van der Waals surface area contributed by atoms with E-state index in [4.69, 9.17) is 4.74 Å². The van der Waals surface area contributed by atoms with Crippen LogP contribution >= 0.6 is 11.3 Å². The smallest absolute Gasteiger partial charge is 0.169 e. The molecule has 0 saturated carbocycles. The van der Waals surface area contributed by atoms with E-state index in [9.17, 15) is 4.39 Å². The van der Waals surface area contributed by atoms with Gasteiger partial charge in [0, 0.05) is 10.3 Å². The van der Waals surface area contributed by atoms with Gasteiger partial charge in [0.15, 0.2) is 11.6 Å². The summed E-state index contributed by atoms with van der Waals surface area (Å²) in [6, 6.07) is 3.74. The second-order valence-corrected chi connectivity index (χ2v) is 3.98. The van der Waals surface area contributed by atoms with Gasteiger partial charge in [0.2, 0.25) is 0 Å². The molecule has 1 aromatic carbocycles. The van der Waals surface area contributed by atoms with Crippen molar-refractivity contribution in [3.05, 3.63) is 28.9 Å². The van der Waals surface area contributed by atoms with Gasteiger partial charge in [-0.3, -0.25) is 0 Å². The number of fused-ring (bicyclic) bond motifs is 1. The summed E-state index contributed by atoms with van der Waals surface area (Å²) in [5.41, 5.74) is 0.759. The van der Waals surface area contributed by atoms with E-state index >= 15 is 0 Å². The zero-order valence-electron chi connectivity index (χ0n) is 8.13. The molecule has 1 nitrogen and oxygen atoms in total. The number of aryl methyl sites for hydroxylation is 1. The number of hydrogen-bond donors (Lipinski definition) is 0. The molecule has 0 N–H and O–H groups in total. The molecule has 0 saturated heterocycles. The predicted molar refractivity (Wildman–Crippen MR) is 57.7 cm³/mol. The van der Waals surface area contributed by atoms with Crippen molar-refractivity contribution in [3.63, 3.8) is 0 Å². The molecule has 0 radical (unpaired) electrons. The second kappa shape index (κ2) is 3.58. The van der Waals surface area contributed by atoms with E-state index < -0.39 is 0 Å². The third-order valence-electron chi connectivity index (χ3n) is 2.31. The van der Waals surface area contributed by atoms with Gasteiger partial charge in [-0.2, -0.15) is 0 Å². The quantitative estimate of drug-likeness (QED) is 0.735. The van der Waals surface area contributed by atoms with Gasteiger partial charge in [0.1, 0.15) is 0 Å². The maximum atomic E-state index is 13.8. The third-order valence-corrected chi connectivity index (χ3v) is 3.30. The summed E-state index contributed by atoms with van der Waals surface area (Å²) in [4.78, 5) is 0. The zero-order valence-corrected chi connectivity index (χ0v) is 8.95. The summed E-state index contributed by atoms with van der Waals surface area (Å²) in [6.45, 7) is 1.96. The Kier molecular flexibility index (Phi) is 2.42. The van der Waals surface area contributed by atoms with Crippen molar-refractivity contribution in [1.29, 1.82) is 0 Å². The molecule has 0 aliphatic heterocycles. The van der Waals surface area contributed by atoms with Crippen LogP contribution in [0.4, 0.5) is 4.39 Å². The second-order valence-electron chi connectivity index (χ2n) is 3.06. The topological polar surface area (TPSA) is 9.23 Å². The Morgan fingerprint density at radius 1 is 1.50 bits per heavy atom. The van der Waals surface area contributed by atoms with Crippen LogP contribution in [-0.4, -0.2) is 7.11 Å². The molecule has 0 atom stereocenters. The monoisotopic (exact) mass is 210 g/mol. The van der Waals surface area contributed by atoms with Crippen molar-refractivity contribution in [3.8, 4) is 5.75 Å². The van der Waals surface area contributed by atoms with Gasteiger partial charge >= 0.3 is 0 Å². The molecule has 0 spiro atoms. The normalized spacial score (nSPS) is 10.8. The molecular weight excluding hydrogens is 199 g/mol. The molecule has 14 heavy (non-hydrogen) atoms. The number of halogens is 1. The van der Waals surface area contributed by atoms with Gasteiger partial charge in [-0.25, -0.2) is 4.39 Å². The summed E-state index contributed by atoms with van der Waals surface area (Å²) in [6.07, 6.45) is 0.694. The third kappa shape index (κ3) is 1.28.